The minimum Gasteiger partial charge on any atom is -0.368 e. The molecule has 122 valence electrons. The first-order chi connectivity index (χ1) is 9.99. The fourth-order valence-corrected chi connectivity index (χ4v) is 3.98. The van der Waals surface area contributed by atoms with Crippen LogP contribution in [0, 0.1) is 17.8 Å². The summed E-state index contributed by atoms with van der Waals surface area (Å²) in [5.74, 6) is 2.07. The lowest BCUT2D eigenvalue weighted by atomic mass is 9.83. The average Bonchev–Trinajstić information content (AvgIpc) is 2.98. The molecule has 2 aliphatic carbocycles. The Bertz CT molecular complexity index is 360. The molecule has 4 unspecified atom stereocenters. The van der Waals surface area contributed by atoms with Crippen LogP contribution in [0.15, 0.2) is 0 Å². The molecule has 0 aromatic rings. The van der Waals surface area contributed by atoms with E-state index in [4.69, 9.17) is 5.73 Å². The van der Waals surface area contributed by atoms with Gasteiger partial charge in [0.2, 0.25) is 5.91 Å². The van der Waals surface area contributed by atoms with Gasteiger partial charge in [0.05, 0.1) is 0 Å². The maximum Gasteiger partial charge on any atom is 0.238 e. The van der Waals surface area contributed by atoms with Gasteiger partial charge in [0.25, 0.3) is 0 Å². The molecule has 0 aromatic carbocycles. The topological polar surface area (TPSA) is 58.4 Å². The standard InChI is InChI=1S/C17H33N3O/c1-4-9-19-17(16(18)21)8-5-6-15(17)7-10-20(3)12-14-11-13(14)2/h13-15,19H,4-12H2,1-3H3,(H2,18,21). The van der Waals surface area contributed by atoms with Gasteiger partial charge in [0, 0.05) is 6.54 Å². The molecule has 2 saturated carbocycles. The van der Waals surface area contributed by atoms with Gasteiger partial charge in [-0.25, -0.2) is 0 Å². The number of amides is 1. The van der Waals surface area contributed by atoms with E-state index >= 15 is 0 Å². The van der Waals surface area contributed by atoms with Crippen molar-refractivity contribution in [2.45, 2.75) is 57.9 Å². The highest BCUT2D eigenvalue weighted by molar-refractivity contribution is 5.85. The summed E-state index contributed by atoms with van der Waals surface area (Å²) in [7, 11) is 2.21. The maximum atomic E-state index is 12.1. The van der Waals surface area contributed by atoms with E-state index < -0.39 is 5.54 Å². The molecule has 0 heterocycles. The van der Waals surface area contributed by atoms with Crippen molar-refractivity contribution < 1.29 is 4.79 Å². The number of rotatable bonds is 9. The van der Waals surface area contributed by atoms with Gasteiger partial charge >= 0.3 is 0 Å². The molecule has 3 N–H and O–H groups in total. The fraction of sp³-hybridized carbons (Fsp3) is 0.941. The minimum atomic E-state index is -0.441. The van der Waals surface area contributed by atoms with E-state index in [9.17, 15) is 4.79 Å². The summed E-state index contributed by atoms with van der Waals surface area (Å²) in [6.07, 6.45) is 6.67. The quantitative estimate of drug-likeness (QED) is 0.684. The summed E-state index contributed by atoms with van der Waals surface area (Å²) in [6.45, 7) is 7.64. The molecule has 4 nitrogen and oxygen atoms in total. The highest BCUT2D eigenvalue weighted by atomic mass is 16.1. The highest BCUT2D eigenvalue weighted by Crippen LogP contribution is 2.39. The van der Waals surface area contributed by atoms with Crippen LogP contribution < -0.4 is 11.1 Å². The predicted octanol–water partition coefficient (Wildman–Crippen LogP) is 1.99. The molecular formula is C17H33N3O. The van der Waals surface area contributed by atoms with E-state index in [1.807, 2.05) is 0 Å². The van der Waals surface area contributed by atoms with Crippen LogP contribution in [0.25, 0.3) is 0 Å². The molecule has 4 heteroatoms. The van der Waals surface area contributed by atoms with E-state index in [-0.39, 0.29) is 5.91 Å². The third-order valence-electron chi connectivity index (χ3n) is 5.63. The molecule has 0 aliphatic heterocycles. The van der Waals surface area contributed by atoms with Gasteiger partial charge in [-0.05, 0) is 70.0 Å². The largest absolute Gasteiger partial charge is 0.368 e. The van der Waals surface area contributed by atoms with E-state index in [0.29, 0.717) is 5.92 Å². The smallest absolute Gasteiger partial charge is 0.238 e. The second kappa shape index (κ2) is 7.10. The summed E-state index contributed by atoms with van der Waals surface area (Å²) in [6, 6.07) is 0. The summed E-state index contributed by atoms with van der Waals surface area (Å²) >= 11 is 0. The van der Waals surface area contributed by atoms with Gasteiger partial charge in [-0.2, -0.15) is 0 Å². The van der Waals surface area contributed by atoms with Crippen molar-refractivity contribution in [3.05, 3.63) is 0 Å². The van der Waals surface area contributed by atoms with Crippen LogP contribution in [0.3, 0.4) is 0 Å². The fourth-order valence-electron chi connectivity index (χ4n) is 3.98. The Balaban J connectivity index is 1.85. The predicted molar refractivity (Wildman–Crippen MR) is 86.9 cm³/mol. The summed E-state index contributed by atoms with van der Waals surface area (Å²) in [4.78, 5) is 14.5. The Labute approximate surface area is 129 Å². The van der Waals surface area contributed by atoms with Gasteiger partial charge in [-0.1, -0.05) is 20.3 Å². The molecule has 0 radical (unpaired) electrons. The third-order valence-corrected chi connectivity index (χ3v) is 5.63. The van der Waals surface area contributed by atoms with Gasteiger partial charge in [0.15, 0.2) is 0 Å². The zero-order valence-corrected chi connectivity index (χ0v) is 14.0. The molecule has 0 aromatic heterocycles. The van der Waals surface area contributed by atoms with Gasteiger partial charge in [-0.15, -0.1) is 0 Å². The number of nitrogens with zero attached hydrogens (tertiary/aromatic N) is 1. The molecule has 4 atom stereocenters. The molecule has 2 rings (SSSR count). The lowest BCUT2D eigenvalue weighted by Crippen LogP contribution is -2.58. The molecule has 2 aliphatic rings. The van der Waals surface area contributed by atoms with Crippen molar-refractivity contribution in [1.29, 1.82) is 0 Å². The van der Waals surface area contributed by atoms with Crippen LogP contribution in [0.4, 0.5) is 0 Å². The van der Waals surface area contributed by atoms with Crippen LogP contribution >= 0.6 is 0 Å². The Hall–Kier alpha value is -0.610. The van der Waals surface area contributed by atoms with Crippen LogP contribution in [-0.2, 0) is 4.79 Å². The Kier molecular flexibility index (Phi) is 5.67. The summed E-state index contributed by atoms with van der Waals surface area (Å²) in [5.41, 5.74) is 5.32. The van der Waals surface area contributed by atoms with E-state index in [1.165, 1.54) is 13.0 Å². The SMILES string of the molecule is CCCNC1(C(N)=O)CCCC1CCN(C)CC1CC1C. The number of nitrogens with two attached hydrogens (primary N) is 1. The minimum absolute atomic E-state index is 0.142. The summed E-state index contributed by atoms with van der Waals surface area (Å²) in [5, 5.41) is 3.49. The van der Waals surface area contributed by atoms with Crippen LogP contribution in [0.2, 0.25) is 0 Å². The van der Waals surface area contributed by atoms with Crippen molar-refractivity contribution in [3.8, 4) is 0 Å². The van der Waals surface area contributed by atoms with Gasteiger partial charge in [0.1, 0.15) is 5.54 Å². The number of hydrogen-bond donors (Lipinski definition) is 2. The highest BCUT2D eigenvalue weighted by Gasteiger charge is 2.46. The Morgan fingerprint density at radius 1 is 1.48 bits per heavy atom. The Morgan fingerprint density at radius 2 is 2.19 bits per heavy atom. The maximum absolute atomic E-state index is 12.1. The number of carbonyl (C=O) groups is 1. The van der Waals surface area contributed by atoms with E-state index in [1.54, 1.807) is 0 Å². The van der Waals surface area contributed by atoms with Gasteiger partial charge < -0.3 is 16.0 Å². The lowest BCUT2D eigenvalue weighted by molar-refractivity contribution is -0.126. The first kappa shape index (κ1) is 16.8. The second-order valence-electron chi connectivity index (χ2n) is 7.38. The number of nitrogens with one attached hydrogen (secondary N) is 1. The molecule has 0 spiro atoms. The van der Waals surface area contributed by atoms with Crippen LogP contribution in [-0.4, -0.2) is 43.0 Å². The average molecular weight is 295 g/mol. The lowest BCUT2D eigenvalue weighted by Gasteiger charge is -2.34. The molecule has 21 heavy (non-hydrogen) atoms. The first-order valence-electron chi connectivity index (χ1n) is 8.73. The normalized spacial score (nSPS) is 35.3. The van der Waals surface area contributed by atoms with Crippen molar-refractivity contribution in [1.82, 2.24) is 10.2 Å². The first-order valence-corrected chi connectivity index (χ1v) is 8.73. The van der Waals surface area contributed by atoms with E-state index in [0.717, 1.165) is 57.0 Å². The van der Waals surface area contributed by atoms with Crippen molar-refractivity contribution in [3.63, 3.8) is 0 Å². The molecule has 2 fully saturated rings. The zero-order chi connectivity index (χ0) is 15.5. The van der Waals surface area contributed by atoms with Crippen molar-refractivity contribution in [2.24, 2.45) is 23.5 Å². The van der Waals surface area contributed by atoms with E-state index in [2.05, 4.69) is 31.1 Å². The Morgan fingerprint density at radius 3 is 2.76 bits per heavy atom. The molecule has 0 bridgehead atoms. The third kappa shape index (κ3) is 3.98. The van der Waals surface area contributed by atoms with Crippen LogP contribution in [0.1, 0.15) is 52.4 Å². The monoisotopic (exact) mass is 295 g/mol. The van der Waals surface area contributed by atoms with Crippen LogP contribution in [0.5, 0.6) is 0 Å². The van der Waals surface area contributed by atoms with Crippen molar-refractivity contribution in [2.75, 3.05) is 26.7 Å². The molecular weight excluding hydrogens is 262 g/mol. The van der Waals surface area contributed by atoms with Crippen molar-refractivity contribution >= 4 is 5.91 Å². The second-order valence-corrected chi connectivity index (χ2v) is 7.38. The number of carbonyl (C=O) groups excluding carboxylic acids is 1. The van der Waals surface area contributed by atoms with Gasteiger partial charge in [-0.3, -0.25) is 4.79 Å². The summed E-state index contributed by atoms with van der Waals surface area (Å²) < 4.78 is 0. The molecule has 0 saturated heterocycles. The number of hydrogen-bond acceptors (Lipinski definition) is 3. The number of primary amides is 1. The zero-order valence-electron chi connectivity index (χ0n) is 14.0. The molecule has 1 amide bonds.